The van der Waals surface area contributed by atoms with Crippen molar-refractivity contribution < 1.29 is 17.6 Å². The Balaban J connectivity index is 1.58. The Morgan fingerprint density at radius 3 is 2.29 bits per heavy atom. The minimum atomic E-state index is -3.99. The average molecular weight is 439 g/mol. The fourth-order valence-electron chi connectivity index (χ4n) is 3.81. The molecule has 0 saturated heterocycles. The number of halogens is 1. The van der Waals surface area contributed by atoms with Crippen LogP contribution in [-0.2, 0) is 34.2 Å². The molecule has 0 saturated carbocycles. The number of carbonyl (C=O) groups is 1. The minimum Gasteiger partial charge on any atom is -0.354 e. The molecule has 0 aromatic heterocycles. The SMILES string of the molecule is O=C(NCCc1ccccc1)[C@H]1Cc2ccccc2CN1S(=O)(=O)c1ccc(F)cc1. The van der Waals surface area contributed by atoms with Crippen molar-refractivity contribution in [2.75, 3.05) is 6.54 Å². The molecule has 1 aliphatic heterocycles. The lowest BCUT2D eigenvalue weighted by molar-refractivity contribution is -0.125. The Kier molecular flexibility index (Phi) is 6.15. The van der Waals surface area contributed by atoms with Crippen LogP contribution in [0.3, 0.4) is 0 Å². The smallest absolute Gasteiger partial charge is 0.244 e. The second-order valence-corrected chi connectivity index (χ2v) is 9.41. The van der Waals surface area contributed by atoms with Crippen LogP contribution in [0.25, 0.3) is 0 Å². The molecule has 1 atom stereocenters. The van der Waals surface area contributed by atoms with Crippen molar-refractivity contribution >= 4 is 15.9 Å². The van der Waals surface area contributed by atoms with Gasteiger partial charge < -0.3 is 5.32 Å². The van der Waals surface area contributed by atoms with Crippen LogP contribution < -0.4 is 5.32 Å². The largest absolute Gasteiger partial charge is 0.354 e. The average Bonchev–Trinajstić information content (AvgIpc) is 2.79. The van der Waals surface area contributed by atoms with E-state index in [-0.39, 0.29) is 23.8 Å². The van der Waals surface area contributed by atoms with Crippen LogP contribution >= 0.6 is 0 Å². The third-order valence-corrected chi connectivity index (χ3v) is 7.35. The molecule has 3 aromatic carbocycles. The highest BCUT2D eigenvalue weighted by Gasteiger charge is 2.39. The molecule has 31 heavy (non-hydrogen) atoms. The van der Waals surface area contributed by atoms with E-state index in [9.17, 15) is 17.6 Å². The second kappa shape index (κ2) is 8.99. The predicted molar refractivity (Wildman–Crippen MR) is 116 cm³/mol. The first-order valence-electron chi connectivity index (χ1n) is 10.1. The molecule has 0 aliphatic carbocycles. The highest BCUT2D eigenvalue weighted by molar-refractivity contribution is 7.89. The molecule has 7 heteroatoms. The summed E-state index contributed by atoms with van der Waals surface area (Å²) in [6, 6.07) is 21.1. The highest BCUT2D eigenvalue weighted by Crippen LogP contribution is 2.29. The molecule has 0 unspecified atom stereocenters. The maximum Gasteiger partial charge on any atom is 0.244 e. The molecule has 0 bridgehead atoms. The zero-order chi connectivity index (χ0) is 21.8. The molecule has 0 radical (unpaired) electrons. The van der Waals surface area contributed by atoms with Crippen LogP contribution in [0.2, 0.25) is 0 Å². The standard InChI is InChI=1S/C24H23FN2O3S/c25-21-10-12-22(13-11-21)31(29,30)27-17-20-9-5-4-8-19(20)16-23(27)24(28)26-15-14-18-6-2-1-3-7-18/h1-13,23H,14-17H2,(H,26,28)/t23-/m1/s1. The van der Waals surface area contributed by atoms with Crippen molar-refractivity contribution in [1.82, 2.24) is 9.62 Å². The number of hydrogen-bond acceptors (Lipinski definition) is 3. The molecule has 1 amide bonds. The molecule has 4 rings (SSSR count). The molecule has 5 nitrogen and oxygen atoms in total. The summed E-state index contributed by atoms with van der Waals surface area (Å²) in [7, 11) is -3.99. The lowest BCUT2D eigenvalue weighted by Crippen LogP contribution is -2.52. The minimum absolute atomic E-state index is 0.0321. The van der Waals surface area contributed by atoms with E-state index in [0.29, 0.717) is 13.0 Å². The van der Waals surface area contributed by atoms with Gasteiger partial charge in [-0.05, 0) is 53.8 Å². The third kappa shape index (κ3) is 4.68. The molecule has 1 N–H and O–H groups in total. The summed E-state index contributed by atoms with van der Waals surface area (Å²) in [5, 5.41) is 2.89. The number of nitrogens with one attached hydrogen (secondary N) is 1. The predicted octanol–water partition coefficient (Wildman–Crippen LogP) is 3.30. The summed E-state index contributed by atoms with van der Waals surface area (Å²) >= 11 is 0. The first kappa shape index (κ1) is 21.2. The van der Waals surface area contributed by atoms with Crippen molar-refractivity contribution in [3.05, 3.63) is 101 Å². The first-order chi connectivity index (χ1) is 14.9. The quantitative estimate of drug-likeness (QED) is 0.642. The van der Waals surface area contributed by atoms with Crippen molar-refractivity contribution in [3.63, 3.8) is 0 Å². The Morgan fingerprint density at radius 1 is 0.935 bits per heavy atom. The lowest BCUT2D eigenvalue weighted by atomic mass is 9.95. The van der Waals surface area contributed by atoms with Crippen LogP contribution in [0.15, 0.2) is 83.8 Å². The molecule has 1 heterocycles. The van der Waals surface area contributed by atoms with Gasteiger partial charge in [0.25, 0.3) is 0 Å². The summed E-state index contributed by atoms with van der Waals surface area (Å²) in [5.41, 5.74) is 2.91. The van der Waals surface area contributed by atoms with E-state index >= 15 is 0 Å². The number of sulfonamides is 1. The topological polar surface area (TPSA) is 66.5 Å². The summed E-state index contributed by atoms with van der Waals surface area (Å²) in [6.45, 7) is 0.498. The Morgan fingerprint density at radius 2 is 1.58 bits per heavy atom. The van der Waals surface area contributed by atoms with Gasteiger partial charge in [-0.2, -0.15) is 4.31 Å². The molecular weight excluding hydrogens is 415 g/mol. The molecular formula is C24H23FN2O3S. The molecule has 160 valence electrons. The first-order valence-corrected chi connectivity index (χ1v) is 11.5. The molecule has 0 fully saturated rings. The summed E-state index contributed by atoms with van der Waals surface area (Å²) in [5.74, 6) is -0.853. The number of hydrogen-bond donors (Lipinski definition) is 1. The van der Waals surface area contributed by atoms with Crippen LogP contribution in [-0.4, -0.2) is 31.2 Å². The molecule has 3 aromatic rings. The fourth-order valence-corrected chi connectivity index (χ4v) is 5.37. The van der Waals surface area contributed by atoms with E-state index in [1.165, 1.54) is 16.4 Å². The Bertz CT molecular complexity index is 1160. The molecule has 0 spiro atoms. The van der Waals surface area contributed by atoms with Crippen molar-refractivity contribution in [2.24, 2.45) is 0 Å². The van der Waals surface area contributed by atoms with Gasteiger partial charge >= 0.3 is 0 Å². The third-order valence-electron chi connectivity index (χ3n) is 5.48. The van der Waals surface area contributed by atoms with Crippen LogP contribution in [0.4, 0.5) is 4.39 Å². The van der Waals surface area contributed by atoms with E-state index in [2.05, 4.69) is 5.32 Å². The number of fused-ring (bicyclic) bond motifs is 1. The van der Waals surface area contributed by atoms with Crippen molar-refractivity contribution in [1.29, 1.82) is 0 Å². The number of benzene rings is 3. The number of rotatable bonds is 6. The van der Waals surface area contributed by atoms with Gasteiger partial charge in [0.15, 0.2) is 0 Å². The Labute approximate surface area is 181 Å². The maximum absolute atomic E-state index is 13.3. The van der Waals surface area contributed by atoms with E-state index < -0.39 is 21.9 Å². The van der Waals surface area contributed by atoms with E-state index in [1.807, 2.05) is 54.6 Å². The normalized spacial score (nSPS) is 16.5. The summed E-state index contributed by atoms with van der Waals surface area (Å²) in [4.78, 5) is 13.0. The zero-order valence-electron chi connectivity index (χ0n) is 16.9. The van der Waals surface area contributed by atoms with Gasteiger partial charge in [-0.25, -0.2) is 12.8 Å². The maximum atomic E-state index is 13.3. The van der Waals surface area contributed by atoms with Gasteiger partial charge in [0.1, 0.15) is 11.9 Å². The van der Waals surface area contributed by atoms with Crippen LogP contribution in [0, 0.1) is 5.82 Å². The van der Waals surface area contributed by atoms with Gasteiger partial charge in [-0.1, -0.05) is 54.6 Å². The summed E-state index contributed by atoms with van der Waals surface area (Å²) < 4.78 is 41.2. The monoisotopic (exact) mass is 438 g/mol. The highest BCUT2D eigenvalue weighted by atomic mass is 32.2. The van der Waals surface area contributed by atoms with E-state index in [4.69, 9.17) is 0 Å². The van der Waals surface area contributed by atoms with E-state index in [1.54, 1.807) is 0 Å². The van der Waals surface area contributed by atoms with Crippen LogP contribution in [0.1, 0.15) is 16.7 Å². The summed E-state index contributed by atoms with van der Waals surface area (Å²) in [6.07, 6.45) is 0.939. The molecule has 1 aliphatic rings. The van der Waals surface area contributed by atoms with Crippen molar-refractivity contribution in [3.8, 4) is 0 Å². The second-order valence-electron chi connectivity index (χ2n) is 7.52. The zero-order valence-corrected chi connectivity index (χ0v) is 17.7. The van der Waals surface area contributed by atoms with Gasteiger partial charge in [-0.3, -0.25) is 4.79 Å². The number of amides is 1. The Hall–Kier alpha value is -3.03. The van der Waals surface area contributed by atoms with Gasteiger partial charge in [0.05, 0.1) is 4.90 Å². The van der Waals surface area contributed by atoms with Crippen LogP contribution in [0.5, 0.6) is 0 Å². The van der Waals surface area contributed by atoms with E-state index in [0.717, 1.165) is 28.8 Å². The number of nitrogens with zero attached hydrogens (tertiary/aromatic N) is 1. The van der Waals surface area contributed by atoms with Gasteiger partial charge in [0.2, 0.25) is 15.9 Å². The van der Waals surface area contributed by atoms with Gasteiger partial charge in [0, 0.05) is 13.1 Å². The van der Waals surface area contributed by atoms with Crippen molar-refractivity contribution in [2.45, 2.75) is 30.3 Å². The fraction of sp³-hybridized carbons (Fsp3) is 0.208. The van der Waals surface area contributed by atoms with Gasteiger partial charge in [-0.15, -0.1) is 0 Å². The lowest BCUT2D eigenvalue weighted by Gasteiger charge is -2.35. The number of carbonyl (C=O) groups excluding carboxylic acids is 1.